The molecular weight excluding hydrogens is 220 g/mol. The van der Waals surface area contributed by atoms with Crippen molar-refractivity contribution in [2.24, 2.45) is 5.92 Å². The second kappa shape index (κ2) is 6.26. The van der Waals surface area contributed by atoms with E-state index >= 15 is 0 Å². The van der Waals surface area contributed by atoms with E-state index in [4.69, 9.17) is 11.5 Å². The van der Waals surface area contributed by atoms with Gasteiger partial charge in [0.25, 0.3) is 0 Å². The summed E-state index contributed by atoms with van der Waals surface area (Å²) in [4.78, 5) is 22.7. The summed E-state index contributed by atoms with van der Waals surface area (Å²) in [5.41, 5.74) is 0. The Bertz CT molecular complexity index is 335. The predicted molar refractivity (Wildman–Crippen MR) is 63.2 cm³/mol. The maximum absolute atomic E-state index is 11.8. The molecule has 3 atom stereocenters. The summed E-state index contributed by atoms with van der Waals surface area (Å²) >= 11 is 0. The van der Waals surface area contributed by atoms with Crippen molar-refractivity contribution in [1.82, 2.24) is 10.6 Å². The Hall–Kier alpha value is -1.54. The molecule has 5 nitrogen and oxygen atoms in total. The van der Waals surface area contributed by atoms with Crippen LogP contribution in [0.2, 0.25) is 0 Å². The van der Waals surface area contributed by atoms with Gasteiger partial charge in [0.05, 0.1) is 6.04 Å². The van der Waals surface area contributed by atoms with Crippen LogP contribution in [-0.2, 0) is 9.59 Å². The molecule has 5 heteroatoms. The Morgan fingerprint density at radius 2 is 2.35 bits per heavy atom. The molecule has 0 bridgehead atoms. The Kier molecular flexibility index (Phi) is 4.98. The second-order valence-corrected chi connectivity index (χ2v) is 4.44. The average molecular weight is 238 g/mol. The second-order valence-electron chi connectivity index (χ2n) is 4.44. The number of amides is 1. The summed E-state index contributed by atoms with van der Waals surface area (Å²) in [7, 11) is 0. The van der Waals surface area contributed by atoms with E-state index in [1.165, 1.54) is 0 Å². The normalized spacial score (nSPS) is 25.6. The van der Waals surface area contributed by atoms with E-state index in [1.54, 1.807) is 0 Å². The highest BCUT2D eigenvalue weighted by molar-refractivity contribution is 5.87. The number of hydrogen-bond donors (Lipinski definition) is 3. The van der Waals surface area contributed by atoms with E-state index < -0.39 is 12.0 Å². The van der Waals surface area contributed by atoms with Gasteiger partial charge in [-0.3, -0.25) is 4.79 Å². The van der Waals surface area contributed by atoms with Gasteiger partial charge < -0.3 is 15.7 Å². The molecule has 17 heavy (non-hydrogen) atoms. The van der Waals surface area contributed by atoms with Gasteiger partial charge in [-0.1, -0.05) is 6.92 Å². The van der Waals surface area contributed by atoms with Crippen LogP contribution >= 0.6 is 0 Å². The number of piperidine rings is 1. The predicted octanol–water partition coefficient (Wildman–Crippen LogP) is -0.0328. The standard InChI is InChI=1S/C12H18N2O3/c1-3-4-9(12(16)17)14-11(15)10-7-8(2)5-6-13-10/h1,8-10,13H,4-7H2,2H3,(H,14,15)(H,16,17). The third-order valence-corrected chi connectivity index (χ3v) is 2.92. The SMILES string of the molecule is C#CCC(NC(=O)C1CC(C)CCN1)C(=O)O. The molecule has 1 fully saturated rings. The molecule has 0 radical (unpaired) electrons. The number of aliphatic carboxylic acids is 1. The molecule has 94 valence electrons. The molecule has 0 aliphatic carbocycles. The highest BCUT2D eigenvalue weighted by atomic mass is 16.4. The Morgan fingerprint density at radius 1 is 1.65 bits per heavy atom. The number of terminal acetylenes is 1. The van der Waals surface area contributed by atoms with Crippen molar-refractivity contribution in [2.75, 3.05) is 6.54 Å². The van der Waals surface area contributed by atoms with Gasteiger partial charge in [-0.15, -0.1) is 12.3 Å². The fraction of sp³-hybridized carbons (Fsp3) is 0.667. The molecule has 1 heterocycles. The third-order valence-electron chi connectivity index (χ3n) is 2.92. The van der Waals surface area contributed by atoms with Crippen LogP contribution in [0.1, 0.15) is 26.2 Å². The van der Waals surface area contributed by atoms with Crippen LogP contribution in [0, 0.1) is 18.3 Å². The number of nitrogens with one attached hydrogen (secondary N) is 2. The van der Waals surface area contributed by atoms with Gasteiger partial charge in [-0.2, -0.15) is 0 Å². The molecule has 1 amide bonds. The third kappa shape index (κ3) is 4.08. The minimum atomic E-state index is -1.10. The fourth-order valence-corrected chi connectivity index (χ4v) is 1.90. The zero-order valence-electron chi connectivity index (χ0n) is 9.90. The number of hydrogen-bond acceptors (Lipinski definition) is 3. The lowest BCUT2D eigenvalue weighted by atomic mass is 9.93. The van der Waals surface area contributed by atoms with Gasteiger partial charge in [0.15, 0.2) is 0 Å². The first-order valence-electron chi connectivity index (χ1n) is 5.74. The molecular formula is C12H18N2O3. The smallest absolute Gasteiger partial charge is 0.327 e. The topological polar surface area (TPSA) is 78.4 Å². The van der Waals surface area contributed by atoms with E-state index in [0.717, 1.165) is 19.4 Å². The number of carbonyl (C=O) groups is 2. The number of carbonyl (C=O) groups excluding carboxylic acids is 1. The highest BCUT2D eigenvalue weighted by Crippen LogP contribution is 2.15. The molecule has 0 aromatic rings. The van der Waals surface area contributed by atoms with Crippen LogP contribution in [-0.4, -0.2) is 35.6 Å². The molecule has 0 aromatic heterocycles. The number of carboxylic acids is 1. The van der Waals surface area contributed by atoms with E-state index in [2.05, 4.69) is 23.5 Å². The molecule has 3 N–H and O–H groups in total. The van der Waals surface area contributed by atoms with Gasteiger partial charge in [-0.25, -0.2) is 4.79 Å². The molecule has 0 spiro atoms. The van der Waals surface area contributed by atoms with Crippen LogP contribution in [0.25, 0.3) is 0 Å². The monoisotopic (exact) mass is 238 g/mol. The van der Waals surface area contributed by atoms with Crippen molar-refractivity contribution in [2.45, 2.75) is 38.3 Å². The minimum absolute atomic E-state index is 0.00332. The average Bonchev–Trinajstić information content (AvgIpc) is 2.28. The van der Waals surface area contributed by atoms with Crippen molar-refractivity contribution < 1.29 is 14.7 Å². The molecule has 3 unspecified atom stereocenters. The highest BCUT2D eigenvalue weighted by Gasteiger charge is 2.27. The number of carboxylic acid groups (broad SMARTS) is 1. The zero-order valence-corrected chi connectivity index (χ0v) is 9.90. The molecule has 1 rings (SSSR count). The van der Waals surface area contributed by atoms with Crippen molar-refractivity contribution >= 4 is 11.9 Å². The summed E-state index contributed by atoms with van der Waals surface area (Å²) in [5, 5.41) is 14.4. The first-order valence-corrected chi connectivity index (χ1v) is 5.74. The lowest BCUT2D eigenvalue weighted by Crippen LogP contribution is -2.52. The molecule has 1 aliphatic heterocycles. The van der Waals surface area contributed by atoms with Crippen molar-refractivity contribution in [3.8, 4) is 12.3 Å². The lowest BCUT2D eigenvalue weighted by Gasteiger charge is -2.28. The van der Waals surface area contributed by atoms with Crippen LogP contribution < -0.4 is 10.6 Å². The minimum Gasteiger partial charge on any atom is -0.480 e. The van der Waals surface area contributed by atoms with Crippen molar-refractivity contribution in [3.05, 3.63) is 0 Å². The zero-order chi connectivity index (χ0) is 12.8. The summed E-state index contributed by atoms with van der Waals surface area (Å²) in [5.74, 6) is 1.35. The lowest BCUT2D eigenvalue weighted by molar-refractivity contribution is -0.142. The summed E-state index contributed by atoms with van der Waals surface area (Å²) in [6.07, 6.45) is 6.84. The first-order chi connectivity index (χ1) is 8.04. The molecule has 1 aliphatic rings. The van der Waals surface area contributed by atoms with Gasteiger partial charge in [0, 0.05) is 6.42 Å². The van der Waals surface area contributed by atoms with Gasteiger partial charge in [-0.05, 0) is 25.3 Å². The largest absolute Gasteiger partial charge is 0.480 e. The van der Waals surface area contributed by atoms with E-state index in [0.29, 0.717) is 5.92 Å². The van der Waals surface area contributed by atoms with Crippen LogP contribution in [0.3, 0.4) is 0 Å². The molecule has 0 saturated carbocycles. The van der Waals surface area contributed by atoms with Crippen LogP contribution in [0.15, 0.2) is 0 Å². The first kappa shape index (κ1) is 13.5. The van der Waals surface area contributed by atoms with Crippen molar-refractivity contribution in [3.63, 3.8) is 0 Å². The maximum atomic E-state index is 11.8. The Labute approximate surface area is 101 Å². The van der Waals surface area contributed by atoms with Gasteiger partial charge in [0.2, 0.25) is 5.91 Å². The Balaban J connectivity index is 2.52. The van der Waals surface area contributed by atoms with Crippen LogP contribution in [0.4, 0.5) is 0 Å². The fourth-order valence-electron chi connectivity index (χ4n) is 1.90. The summed E-state index contributed by atoms with van der Waals surface area (Å²) in [6.45, 7) is 2.86. The van der Waals surface area contributed by atoms with E-state index in [1.807, 2.05) is 0 Å². The van der Waals surface area contributed by atoms with Crippen molar-refractivity contribution in [1.29, 1.82) is 0 Å². The van der Waals surface area contributed by atoms with Gasteiger partial charge in [0.1, 0.15) is 6.04 Å². The number of rotatable bonds is 4. The Morgan fingerprint density at radius 3 is 2.88 bits per heavy atom. The van der Waals surface area contributed by atoms with E-state index in [9.17, 15) is 9.59 Å². The summed E-state index contributed by atoms with van der Waals surface area (Å²) < 4.78 is 0. The van der Waals surface area contributed by atoms with Gasteiger partial charge >= 0.3 is 5.97 Å². The maximum Gasteiger partial charge on any atom is 0.327 e. The molecule has 0 aromatic carbocycles. The molecule has 1 saturated heterocycles. The van der Waals surface area contributed by atoms with Crippen LogP contribution in [0.5, 0.6) is 0 Å². The van der Waals surface area contributed by atoms with E-state index in [-0.39, 0.29) is 18.4 Å². The quantitative estimate of drug-likeness (QED) is 0.601. The summed E-state index contributed by atoms with van der Waals surface area (Å²) in [6, 6.07) is -1.30.